The Labute approximate surface area is 330 Å². The number of rotatable bonds is 6. The van der Waals surface area contributed by atoms with Crippen molar-refractivity contribution in [3.63, 3.8) is 0 Å². The first-order chi connectivity index (χ1) is 27.8. The molecule has 0 N–H and O–H groups in total. The van der Waals surface area contributed by atoms with Gasteiger partial charge in [-0.1, -0.05) is 170 Å². The minimum atomic E-state index is 1.11. The van der Waals surface area contributed by atoms with Crippen LogP contribution >= 0.6 is 11.3 Å². The van der Waals surface area contributed by atoms with Crippen molar-refractivity contribution in [1.29, 1.82) is 0 Å². The molecule has 2 heteroatoms. The molecule has 11 aromatic rings. The quantitative estimate of drug-likeness (QED) is 0.154. The Kier molecular flexibility index (Phi) is 7.75. The van der Waals surface area contributed by atoms with E-state index >= 15 is 0 Å². The molecule has 0 atom stereocenters. The van der Waals surface area contributed by atoms with Gasteiger partial charge in [-0.15, -0.1) is 11.3 Å². The molecule has 0 radical (unpaired) electrons. The van der Waals surface area contributed by atoms with Gasteiger partial charge in [0, 0.05) is 36.9 Å². The highest BCUT2D eigenvalue weighted by atomic mass is 32.1. The number of hydrogen-bond donors (Lipinski definition) is 0. The Morgan fingerprint density at radius 3 is 1.75 bits per heavy atom. The Bertz CT molecular complexity index is 3260. The van der Waals surface area contributed by atoms with Crippen molar-refractivity contribution >= 4 is 80.9 Å². The van der Waals surface area contributed by atoms with Crippen molar-refractivity contribution in [1.82, 2.24) is 0 Å². The van der Waals surface area contributed by atoms with E-state index in [9.17, 15) is 0 Å². The third kappa shape index (κ3) is 5.46. The van der Waals surface area contributed by atoms with Crippen LogP contribution in [0, 0.1) is 0 Å². The van der Waals surface area contributed by atoms with Gasteiger partial charge in [0.2, 0.25) is 0 Å². The molecule has 0 fully saturated rings. The summed E-state index contributed by atoms with van der Waals surface area (Å²) < 4.78 is 2.65. The number of anilines is 3. The molecule has 0 saturated heterocycles. The SMILES string of the molecule is c1cc(-c2cccc(N(c3ccc(-c4cccc5c4sc4ccccc45)cc3)c3cc4ccccc4c4ccccc34)c2)cc(-c2cccc3ccccc23)c1. The number of thiophene rings is 1. The second-order valence-electron chi connectivity index (χ2n) is 14.5. The highest BCUT2D eigenvalue weighted by molar-refractivity contribution is 7.26. The van der Waals surface area contributed by atoms with E-state index in [1.54, 1.807) is 0 Å². The lowest BCUT2D eigenvalue weighted by molar-refractivity contribution is 1.30. The fourth-order valence-electron chi connectivity index (χ4n) is 8.58. The van der Waals surface area contributed by atoms with Gasteiger partial charge in [0.15, 0.2) is 0 Å². The summed E-state index contributed by atoms with van der Waals surface area (Å²) in [5.74, 6) is 0. The monoisotopic (exact) mass is 729 g/mol. The highest BCUT2D eigenvalue weighted by Crippen LogP contribution is 2.45. The number of fused-ring (bicyclic) bond motifs is 7. The molecule has 0 aliphatic heterocycles. The molecule has 0 aliphatic carbocycles. The molecule has 11 rings (SSSR count). The predicted octanol–water partition coefficient (Wildman–Crippen LogP) is 16.0. The maximum Gasteiger partial charge on any atom is 0.0546 e. The average molecular weight is 730 g/mol. The summed E-state index contributed by atoms with van der Waals surface area (Å²) in [6.07, 6.45) is 0. The molecular weight excluding hydrogens is 695 g/mol. The summed E-state index contributed by atoms with van der Waals surface area (Å²) in [6.45, 7) is 0. The average Bonchev–Trinajstić information content (AvgIpc) is 3.66. The summed E-state index contributed by atoms with van der Waals surface area (Å²) >= 11 is 1.88. The smallest absolute Gasteiger partial charge is 0.0546 e. The van der Waals surface area contributed by atoms with E-state index in [4.69, 9.17) is 0 Å². The van der Waals surface area contributed by atoms with Crippen molar-refractivity contribution < 1.29 is 0 Å². The summed E-state index contributed by atoms with van der Waals surface area (Å²) in [5, 5.41) is 10.1. The van der Waals surface area contributed by atoms with E-state index in [1.807, 2.05) is 11.3 Å². The molecule has 0 saturated carbocycles. The van der Waals surface area contributed by atoms with Gasteiger partial charge >= 0.3 is 0 Å². The van der Waals surface area contributed by atoms with Crippen LogP contribution in [0.4, 0.5) is 17.1 Å². The lowest BCUT2D eigenvalue weighted by atomic mass is 9.95. The molecule has 0 aliphatic rings. The molecule has 10 aromatic carbocycles. The van der Waals surface area contributed by atoms with Gasteiger partial charge in [0.25, 0.3) is 0 Å². The molecule has 1 heterocycles. The molecule has 1 aromatic heterocycles. The molecule has 0 spiro atoms. The van der Waals surface area contributed by atoms with Gasteiger partial charge in [0.05, 0.1) is 5.69 Å². The summed E-state index contributed by atoms with van der Waals surface area (Å²) in [6, 6.07) is 77.7. The first kappa shape index (κ1) is 32.4. The van der Waals surface area contributed by atoms with Crippen molar-refractivity contribution in [3.05, 3.63) is 212 Å². The number of benzene rings is 10. The Morgan fingerprint density at radius 1 is 0.304 bits per heavy atom. The van der Waals surface area contributed by atoms with Crippen LogP contribution in [0.1, 0.15) is 0 Å². The van der Waals surface area contributed by atoms with Crippen LogP contribution in [0.3, 0.4) is 0 Å². The minimum Gasteiger partial charge on any atom is -0.310 e. The summed E-state index contributed by atoms with van der Waals surface area (Å²) in [7, 11) is 0. The zero-order valence-corrected chi connectivity index (χ0v) is 31.4. The van der Waals surface area contributed by atoms with E-state index < -0.39 is 0 Å². The molecule has 262 valence electrons. The van der Waals surface area contributed by atoms with Gasteiger partial charge in [0.1, 0.15) is 0 Å². The van der Waals surface area contributed by atoms with E-state index in [-0.39, 0.29) is 0 Å². The lowest BCUT2D eigenvalue weighted by Gasteiger charge is -2.28. The lowest BCUT2D eigenvalue weighted by Crippen LogP contribution is -2.10. The zero-order valence-electron chi connectivity index (χ0n) is 30.6. The van der Waals surface area contributed by atoms with E-state index in [0.29, 0.717) is 0 Å². The Balaban J connectivity index is 1.07. The number of hydrogen-bond acceptors (Lipinski definition) is 2. The Hall–Kier alpha value is -7.00. The van der Waals surface area contributed by atoms with Crippen LogP contribution in [-0.4, -0.2) is 0 Å². The van der Waals surface area contributed by atoms with Crippen LogP contribution in [0.5, 0.6) is 0 Å². The molecule has 56 heavy (non-hydrogen) atoms. The van der Waals surface area contributed by atoms with Gasteiger partial charge in [-0.25, -0.2) is 0 Å². The molecule has 0 unspecified atom stereocenters. The first-order valence-electron chi connectivity index (χ1n) is 19.2. The fourth-order valence-corrected chi connectivity index (χ4v) is 9.82. The van der Waals surface area contributed by atoms with Gasteiger partial charge in [-0.05, 0) is 103 Å². The van der Waals surface area contributed by atoms with E-state index in [1.165, 1.54) is 85.9 Å². The third-order valence-electron chi connectivity index (χ3n) is 11.2. The van der Waals surface area contributed by atoms with Crippen molar-refractivity contribution in [2.45, 2.75) is 0 Å². The molecule has 0 bridgehead atoms. The van der Waals surface area contributed by atoms with Crippen molar-refractivity contribution in [2.75, 3.05) is 4.90 Å². The van der Waals surface area contributed by atoms with Crippen LogP contribution in [-0.2, 0) is 0 Å². The van der Waals surface area contributed by atoms with Crippen LogP contribution < -0.4 is 4.90 Å². The predicted molar refractivity (Wildman–Crippen MR) is 243 cm³/mol. The second-order valence-corrected chi connectivity index (χ2v) is 15.5. The third-order valence-corrected chi connectivity index (χ3v) is 12.4. The standard InChI is InChI=1S/C54H35NS/c1-3-20-44-36(13-1)15-11-25-45(44)40-18-9-16-38(33-40)39-17-10-19-43(34-39)55(52-35-41-14-2-4-21-46(41)48-22-5-6-23-49(48)52)42-31-29-37(30-32-42)47-26-12-27-51-50-24-7-8-28-53(50)56-54(47)51/h1-35H. The zero-order chi connectivity index (χ0) is 37.0. The minimum absolute atomic E-state index is 1.11. The van der Waals surface area contributed by atoms with Gasteiger partial charge in [-0.3, -0.25) is 0 Å². The summed E-state index contributed by atoms with van der Waals surface area (Å²) in [4.78, 5) is 2.44. The van der Waals surface area contributed by atoms with Gasteiger partial charge in [-0.2, -0.15) is 0 Å². The van der Waals surface area contributed by atoms with Crippen LogP contribution in [0.25, 0.3) is 85.9 Å². The number of nitrogens with zero attached hydrogens (tertiary/aromatic N) is 1. The first-order valence-corrected chi connectivity index (χ1v) is 20.0. The normalized spacial score (nSPS) is 11.6. The highest BCUT2D eigenvalue weighted by Gasteiger charge is 2.19. The maximum atomic E-state index is 2.44. The maximum absolute atomic E-state index is 2.44. The topological polar surface area (TPSA) is 3.24 Å². The fraction of sp³-hybridized carbons (Fsp3) is 0. The largest absolute Gasteiger partial charge is 0.310 e. The molecular formula is C54H35NS. The van der Waals surface area contributed by atoms with Crippen LogP contribution in [0.15, 0.2) is 212 Å². The summed E-state index contributed by atoms with van der Waals surface area (Å²) in [5.41, 5.74) is 10.7. The Morgan fingerprint density at radius 2 is 0.893 bits per heavy atom. The second kappa shape index (κ2) is 13.4. The van der Waals surface area contributed by atoms with E-state index in [0.717, 1.165) is 17.1 Å². The molecule has 1 nitrogen and oxygen atoms in total. The van der Waals surface area contributed by atoms with Gasteiger partial charge < -0.3 is 4.90 Å². The van der Waals surface area contributed by atoms with E-state index in [2.05, 4.69) is 217 Å². The van der Waals surface area contributed by atoms with Crippen molar-refractivity contribution in [3.8, 4) is 33.4 Å². The molecule has 0 amide bonds. The van der Waals surface area contributed by atoms with Crippen LogP contribution in [0.2, 0.25) is 0 Å². The van der Waals surface area contributed by atoms with Crippen molar-refractivity contribution in [2.24, 2.45) is 0 Å².